The predicted molar refractivity (Wildman–Crippen MR) is 119 cm³/mol. The minimum absolute atomic E-state index is 0. The van der Waals surface area contributed by atoms with Crippen molar-refractivity contribution in [3.63, 3.8) is 0 Å². The second-order valence-electron chi connectivity index (χ2n) is 8.77. The number of likely N-dealkylation sites (tertiary alicyclic amines) is 1. The summed E-state index contributed by atoms with van der Waals surface area (Å²) in [6.45, 7) is 4.28. The van der Waals surface area contributed by atoms with E-state index in [1.807, 2.05) is 0 Å². The highest BCUT2D eigenvalue weighted by atomic mass is 35.5. The van der Waals surface area contributed by atoms with Gasteiger partial charge in [-0.25, -0.2) is 0 Å². The molecule has 0 aromatic heterocycles. The van der Waals surface area contributed by atoms with Gasteiger partial charge in [-0.3, -0.25) is 9.69 Å². The molecule has 4 nitrogen and oxygen atoms in total. The molecule has 1 aromatic carbocycles. The minimum atomic E-state index is 0. The maximum absolute atomic E-state index is 12.9. The first-order valence-electron chi connectivity index (χ1n) is 10.5. The molecule has 4 unspecified atom stereocenters. The molecule has 1 heterocycles. The molecule has 0 radical (unpaired) electrons. The van der Waals surface area contributed by atoms with Crippen LogP contribution in [-0.4, -0.2) is 36.0 Å². The van der Waals surface area contributed by atoms with Crippen molar-refractivity contribution < 1.29 is 4.79 Å². The summed E-state index contributed by atoms with van der Waals surface area (Å²) in [5.74, 6) is 1.60. The minimum Gasteiger partial charge on any atom is -0.352 e. The van der Waals surface area contributed by atoms with Crippen molar-refractivity contribution in [1.82, 2.24) is 10.2 Å². The lowest BCUT2D eigenvalue weighted by Gasteiger charge is -2.43. The Morgan fingerprint density at radius 2 is 1.75 bits per heavy atom. The molecule has 1 amide bonds. The van der Waals surface area contributed by atoms with E-state index in [4.69, 9.17) is 5.73 Å². The summed E-state index contributed by atoms with van der Waals surface area (Å²) in [6, 6.07) is 11.7. The maximum atomic E-state index is 12.9. The average molecular weight is 428 g/mol. The maximum Gasteiger partial charge on any atom is 0.223 e. The third-order valence-corrected chi connectivity index (χ3v) is 7.18. The van der Waals surface area contributed by atoms with Gasteiger partial charge in [0, 0.05) is 37.1 Å². The topological polar surface area (TPSA) is 58.4 Å². The van der Waals surface area contributed by atoms with Crippen LogP contribution in [0.2, 0.25) is 0 Å². The van der Waals surface area contributed by atoms with E-state index in [0.717, 1.165) is 32.4 Å². The summed E-state index contributed by atoms with van der Waals surface area (Å²) in [7, 11) is 0. The Morgan fingerprint density at radius 3 is 2.39 bits per heavy atom. The summed E-state index contributed by atoms with van der Waals surface area (Å²) < 4.78 is 0. The van der Waals surface area contributed by atoms with Crippen LogP contribution in [0.15, 0.2) is 30.3 Å². The number of hydrogen-bond acceptors (Lipinski definition) is 3. The van der Waals surface area contributed by atoms with E-state index in [-0.39, 0.29) is 36.6 Å². The molecule has 2 bridgehead atoms. The molecule has 2 aliphatic carbocycles. The van der Waals surface area contributed by atoms with Gasteiger partial charge < -0.3 is 11.1 Å². The van der Waals surface area contributed by atoms with E-state index in [0.29, 0.717) is 30.0 Å². The van der Waals surface area contributed by atoms with E-state index in [2.05, 4.69) is 47.5 Å². The lowest BCUT2D eigenvalue weighted by atomic mass is 9.65. The Labute approximate surface area is 181 Å². The van der Waals surface area contributed by atoms with Crippen LogP contribution in [0.3, 0.4) is 0 Å². The Balaban J connectivity index is 0.00000140. The average Bonchev–Trinajstić information content (AvgIpc) is 3.10. The number of amides is 1. The number of rotatable bonds is 4. The zero-order chi connectivity index (χ0) is 18.1. The zero-order valence-electron chi connectivity index (χ0n) is 16.8. The number of benzene rings is 1. The standard InChI is InChI=1S/C22H33N3O.2ClH/c1-15(16-6-3-2-4-7-16)25-11-10-20(14-25)24-22(26)19-12-17-8-5-9-18(13-19)21(17)23;;/h2-4,6-7,15,17-21H,5,8-14,23H2,1H3,(H,24,26);2*1H. The summed E-state index contributed by atoms with van der Waals surface area (Å²) in [6.07, 6.45) is 6.79. The van der Waals surface area contributed by atoms with Gasteiger partial charge in [0.05, 0.1) is 0 Å². The zero-order valence-corrected chi connectivity index (χ0v) is 18.4. The largest absolute Gasteiger partial charge is 0.352 e. The van der Waals surface area contributed by atoms with E-state index in [1.165, 1.54) is 24.8 Å². The molecule has 158 valence electrons. The first-order valence-corrected chi connectivity index (χ1v) is 10.5. The number of carbonyl (C=O) groups excluding carboxylic acids is 1. The van der Waals surface area contributed by atoms with Crippen molar-refractivity contribution in [3.8, 4) is 0 Å². The Bertz CT molecular complexity index is 615. The second-order valence-corrected chi connectivity index (χ2v) is 8.77. The van der Waals surface area contributed by atoms with E-state index >= 15 is 0 Å². The van der Waals surface area contributed by atoms with Crippen LogP contribution in [-0.2, 0) is 4.79 Å². The number of nitrogens with one attached hydrogen (secondary N) is 1. The van der Waals surface area contributed by atoms with Gasteiger partial charge in [-0.1, -0.05) is 36.8 Å². The number of halogens is 2. The van der Waals surface area contributed by atoms with Crippen molar-refractivity contribution in [3.05, 3.63) is 35.9 Å². The van der Waals surface area contributed by atoms with Crippen LogP contribution in [0.1, 0.15) is 57.1 Å². The van der Waals surface area contributed by atoms with Crippen LogP contribution < -0.4 is 11.1 Å². The number of nitrogens with zero attached hydrogens (tertiary/aromatic N) is 1. The van der Waals surface area contributed by atoms with Gasteiger partial charge in [0.1, 0.15) is 0 Å². The summed E-state index contributed by atoms with van der Waals surface area (Å²) >= 11 is 0. The van der Waals surface area contributed by atoms with Crippen LogP contribution in [0.25, 0.3) is 0 Å². The number of hydrogen-bond donors (Lipinski definition) is 2. The molecule has 1 saturated heterocycles. The SMILES string of the molecule is CC(c1ccccc1)N1CCC(NC(=O)C2CC3CCCC(C2)C3N)C1.Cl.Cl. The molecule has 0 spiro atoms. The molecular weight excluding hydrogens is 393 g/mol. The highest BCUT2D eigenvalue weighted by Crippen LogP contribution is 2.42. The molecule has 6 heteroatoms. The van der Waals surface area contributed by atoms with Crippen molar-refractivity contribution in [2.45, 2.75) is 63.6 Å². The molecule has 1 aliphatic heterocycles. The molecule has 28 heavy (non-hydrogen) atoms. The summed E-state index contributed by atoms with van der Waals surface area (Å²) in [4.78, 5) is 15.4. The molecule has 3 fully saturated rings. The van der Waals surface area contributed by atoms with Crippen LogP contribution in [0.4, 0.5) is 0 Å². The lowest BCUT2D eigenvalue weighted by molar-refractivity contribution is -0.128. The van der Waals surface area contributed by atoms with Crippen molar-refractivity contribution in [1.29, 1.82) is 0 Å². The van der Waals surface area contributed by atoms with Crippen LogP contribution in [0, 0.1) is 17.8 Å². The van der Waals surface area contributed by atoms with Gasteiger partial charge in [0.25, 0.3) is 0 Å². The third kappa shape index (κ3) is 5.02. The van der Waals surface area contributed by atoms with Crippen LogP contribution in [0.5, 0.6) is 0 Å². The highest BCUT2D eigenvalue weighted by Gasteiger charge is 2.41. The predicted octanol–water partition coefficient (Wildman–Crippen LogP) is 3.94. The lowest BCUT2D eigenvalue weighted by Crippen LogP contribution is -2.50. The monoisotopic (exact) mass is 427 g/mol. The summed E-state index contributed by atoms with van der Waals surface area (Å²) in [5.41, 5.74) is 7.73. The fourth-order valence-corrected chi connectivity index (χ4v) is 5.52. The van der Waals surface area contributed by atoms with E-state index in [1.54, 1.807) is 0 Å². The highest BCUT2D eigenvalue weighted by molar-refractivity contribution is 5.85. The molecule has 3 N–H and O–H groups in total. The number of nitrogens with two attached hydrogens (primary N) is 1. The van der Waals surface area contributed by atoms with Gasteiger partial charge in [-0.05, 0) is 56.4 Å². The third-order valence-electron chi connectivity index (χ3n) is 7.18. The quantitative estimate of drug-likeness (QED) is 0.764. The molecule has 4 atom stereocenters. The first kappa shape index (κ1) is 23.5. The first-order chi connectivity index (χ1) is 12.6. The van der Waals surface area contributed by atoms with Crippen LogP contribution >= 0.6 is 24.8 Å². The Kier molecular flexibility index (Phi) is 8.62. The number of fused-ring (bicyclic) bond motifs is 2. The fraction of sp³-hybridized carbons (Fsp3) is 0.682. The Morgan fingerprint density at radius 1 is 1.11 bits per heavy atom. The van der Waals surface area contributed by atoms with Crippen molar-refractivity contribution in [2.24, 2.45) is 23.5 Å². The molecule has 2 saturated carbocycles. The molecular formula is C22H35Cl2N3O. The van der Waals surface area contributed by atoms with Gasteiger partial charge in [-0.2, -0.15) is 0 Å². The van der Waals surface area contributed by atoms with Crippen molar-refractivity contribution >= 4 is 30.7 Å². The van der Waals surface area contributed by atoms with Crippen molar-refractivity contribution in [2.75, 3.05) is 13.1 Å². The van der Waals surface area contributed by atoms with Gasteiger partial charge in [-0.15, -0.1) is 24.8 Å². The fourth-order valence-electron chi connectivity index (χ4n) is 5.52. The smallest absolute Gasteiger partial charge is 0.223 e. The van der Waals surface area contributed by atoms with Gasteiger partial charge >= 0.3 is 0 Å². The summed E-state index contributed by atoms with van der Waals surface area (Å²) in [5, 5.41) is 3.37. The molecule has 1 aromatic rings. The molecule has 3 aliphatic rings. The van der Waals surface area contributed by atoms with Gasteiger partial charge in [0.2, 0.25) is 5.91 Å². The second kappa shape index (κ2) is 10.3. The number of carbonyl (C=O) groups is 1. The molecule has 4 rings (SSSR count). The van der Waals surface area contributed by atoms with E-state index in [9.17, 15) is 4.79 Å². The Hall–Kier alpha value is -0.810. The van der Waals surface area contributed by atoms with E-state index < -0.39 is 0 Å². The normalized spacial score (nSPS) is 33.3. The van der Waals surface area contributed by atoms with Gasteiger partial charge in [0.15, 0.2) is 0 Å².